The molecule has 0 bridgehead atoms. The summed E-state index contributed by atoms with van der Waals surface area (Å²) in [7, 11) is 2.16. The lowest BCUT2D eigenvalue weighted by Crippen LogP contribution is -2.41. The van der Waals surface area contributed by atoms with Gasteiger partial charge < -0.3 is 10.6 Å². The highest BCUT2D eigenvalue weighted by Gasteiger charge is 2.21. The highest BCUT2D eigenvalue weighted by molar-refractivity contribution is 5.20. The number of hydrogen-bond acceptors (Lipinski definition) is 3. The minimum absolute atomic E-state index is 0.0543. The van der Waals surface area contributed by atoms with Crippen LogP contribution in [0.25, 0.3) is 0 Å². The molecule has 0 saturated heterocycles. The minimum Gasteiger partial charge on any atom is -0.323 e. The first-order chi connectivity index (χ1) is 10.2. The summed E-state index contributed by atoms with van der Waals surface area (Å²) in [6.45, 7) is 3.21. The number of nitrogens with two attached hydrogens (primary N) is 1. The number of nitrogens with zero attached hydrogens (tertiary/aromatic N) is 2. The van der Waals surface area contributed by atoms with Crippen LogP contribution in [0.1, 0.15) is 30.5 Å². The van der Waals surface area contributed by atoms with Gasteiger partial charge in [0.1, 0.15) is 0 Å². The minimum atomic E-state index is 0.0543. The van der Waals surface area contributed by atoms with Gasteiger partial charge in [-0.25, -0.2) is 0 Å². The molecule has 1 aromatic carbocycles. The zero-order chi connectivity index (χ0) is 15.1. The first kappa shape index (κ1) is 15.7. The Morgan fingerprint density at radius 3 is 2.38 bits per heavy atom. The maximum absolute atomic E-state index is 6.47. The van der Waals surface area contributed by atoms with E-state index in [2.05, 4.69) is 60.3 Å². The van der Waals surface area contributed by atoms with E-state index in [9.17, 15) is 0 Å². The first-order valence-corrected chi connectivity index (χ1v) is 7.62. The van der Waals surface area contributed by atoms with E-state index in [0.717, 1.165) is 19.4 Å². The monoisotopic (exact) mass is 283 g/mol. The lowest BCUT2D eigenvalue weighted by molar-refractivity contribution is 0.207. The zero-order valence-electron chi connectivity index (χ0n) is 12.9. The van der Waals surface area contributed by atoms with E-state index >= 15 is 0 Å². The van der Waals surface area contributed by atoms with Crippen molar-refractivity contribution >= 4 is 0 Å². The van der Waals surface area contributed by atoms with E-state index in [1.807, 2.05) is 18.5 Å². The molecule has 0 saturated carbocycles. The third-order valence-corrected chi connectivity index (χ3v) is 4.09. The van der Waals surface area contributed by atoms with Gasteiger partial charge in [0.2, 0.25) is 0 Å². The van der Waals surface area contributed by atoms with Crippen LogP contribution in [0.5, 0.6) is 0 Å². The predicted octanol–water partition coefficient (Wildman–Crippen LogP) is 3.03. The normalized spacial score (nSPS) is 14.1. The molecule has 2 unspecified atom stereocenters. The van der Waals surface area contributed by atoms with Crippen molar-refractivity contribution in [2.24, 2.45) is 5.73 Å². The fraction of sp³-hybridized carbons (Fsp3) is 0.389. The van der Waals surface area contributed by atoms with Crippen molar-refractivity contribution in [3.05, 3.63) is 66.0 Å². The summed E-state index contributed by atoms with van der Waals surface area (Å²) in [6, 6.07) is 14.9. The number of rotatable bonds is 7. The largest absolute Gasteiger partial charge is 0.323 e. The van der Waals surface area contributed by atoms with Gasteiger partial charge in [0, 0.05) is 31.0 Å². The van der Waals surface area contributed by atoms with Gasteiger partial charge in [0.25, 0.3) is 0 Å². The number of pyridine rings is 1. The molecule has 1 heterocycles. The summed E-state index contributed by atoms with van der Waals surface area (Å²) >= 11 is 0. The smallest absolute Gasteiger partial charge is 0.0452 e. The van der Waals surface area contributed by atoms with Crippen molar-refractivity contribution in [3.8, 4) is 0 Å². The summed E-state index contributed by atoms with van der Waals surface area (Å²) < 4.78 is 0. The Bertz CT molecular complexity index is 513. The lowest BCUT2D eigenvalue weighted by Gasteiger charge is -2.32. The number of hydrogen-bond donors (Lipinski definition) is 1. The van der Waals surface area contributed by atoms with Crippen molar-refractivity contribution in [3.63, 3.8) is 0 Å². The second-order valence-corrected chi connectivity index (χ2v) is 5.50. The van der Waals surface area contributed by atoms with Gasteiger partial charge >= 0.3 is 0 Å². The van der Waals surface area contributed by atoms with Gasteiger partial charge in [-0.3, -0.25) is 4.98 Å². The van der Waals surface area contributed by atoms with Gasteiger partial charge in [-0.15, -0.1) is 0 Å². The summed E-state index contributed by atoms with van der Waals surface area (Å²) in [5.41, 5.74) is 9.00. The average molecular weight is 283 g/mol. The Hall–Kier alpha value is -1.71. The molecule has 3 nitrogen and oxygen atoms in total. The molecule has 0 aliphatic heterocycles. The van der Waals surface area contributed by atoms with Gasteiger partial charge in [-0.1, -0.05) is 37.3 Å². The van der Waals surface area contributed by atoms with Gasteiger partial charge in [-0.2, -0.15) is 0 Å². The SMILES string of the molecule is CCC(C(N)c1ccccc1)N(C)CCc1ccncc1. The molecule has 0 radical (unpaired) electrons. The molecule has 21 heavy (non-hydrogen) atoms. The van der Waals surface area contributed by atoms with E-state index in [-0.39, 0.29) is 6.04 Å². The molecular formula is C18H25N3. The molecule has 2 rings (SSSR count). The van der Waals surface area contributed by atoms with Crippen LogP contribution in [0.2, 0.25) is 0 Å². The molecule has 0 spiro atoms. The standard InChI is InChI=1S/C18H25N3/c1-3-17(18(19)16-7-5-4-6-8-16)21(2)14-11-15-9-12-20-13-10-15/h4-10,12-13,17-18H,3,11,14,19H2,1-2H3. The summed E-state index contributed by atoms with van der Waals surface area (Å²) in [4.78, 5) is 6.43. The van der Waals surface area contributed by atoms with E-state index in [0.29, 0.717) is 6.04 Å². The highest BCUT2D eigenvalue weighted by Crippen LogP contribution is 2.20. The summed E-state index contributed by atoms with van der Waals surface area (Å²) in [6.07, 6.45) is 5.77. The van der Waals surface area contributed by atoms with Crippen molar-refractivity contribution in [1.29, 1.82) is 0 Å². The van der Waals surface area contributed by atoms with Crippen LogP contribution in [-0.4, -0.2) is 29.5 Å². The van der Waals surface area contributed by atoms with Gasteiger partial charge in [0.15, 0.2) is 0 Å². The van der Waals surface area contributed by atoms with Crippen LogP contribution in [-0.2, 0) is 6.42 Å². The number of aromatic nitrogens is 1. The second-order valence-electron chi connectivity index (χ2n) is 5.50. The summed E-state index contributed by atoms with van der Waals surface area (Å²) in [5.74, 6) is 0. The molecule has 2 aromatic rings. The second kappa shape index (κ2) is 7.91. The third kappa shape index (κ3) is 4.38. The molecule has 0 aliphatic rings. The Morgan fingerprint density at radius 1 is 1.10 bits per heavy atom. The fourth-order valence-electron chi connectivity index (χ4n) is 2.76. The van der Waals surface area contributed by atoms with Crippen molar-refractivity contribution in [2.45, 2.75) is 31.8 Å². The van der Waals surface area contributed by atoms with Crippen LogP contribution in [0.3, 0.4) is 0 Å². The van der Waals surface area contributed by atoms with E-state index in [4.69, 9.17) is 5.73 Å². The molecule has 112 valence electrons. The molecule has 0 fully saturated rings. The predicted molar refractivity (Wildman–Crippen MR) is 88.0 cm³/mol. The Morgan fingerprint density at radius 2 is 1.76 bits per heavy atom. The molecule has 2 N–H and O–H groups in total. The quantitative estimate of drug-likeness (QED) is 0.849. The van der Waals surface area contributed by atoms with Crippen LogP contribution < -0.4 is 5.73 Å². The number of benzene rings is 1. The molecule has 1 aromatic heterocycles. The summed E-state index contributed by atoms with van der Waals surface area (Å²) in [5, 5.41) is 0. The Kier molecular flexibility index (Phi) is 5.90. The molecule has 2 atom stereocenters. The van der Waals surface area contributed by atoms with Crippen LogP contribution >= 0.6 is 0 Å². The van der Waals surface area contributed by atoms with Crippen LogP contribution in [0, 0.1) is 0 Å². The van der Waals surface area contributed by atoms with Crippen molar-refractivity contribution < 1.29 is 0 Å². The molecule has 3 heteroatoms. The first-order valence-electron chi connectivity index (χ1n) is 7.62. The maximum Gasteiger partial charge on any atom is 0.0452 e. The van der Waals surface area contributed by atoms with E-state index in [1.165, 1.54) is 11.1 Å². The molecule has 0 aliphatic carbocycles. The number of likely N-dealkylation sites (N-methyl/N-ethyl adjacent to an activating group) is 1. The molecular weight excluding hydrogens is 258 g/mol. The Balaban J connectivity index is 1.96. The van der Waals surface area contributed by atoms with E-state index < -0.39 is 0 Å². The van der Waals surface area contributed by atoms with Crippen LogP contribution in [0.15, 0.2) is 54.9 Å². The van der Waals surface area contributed by atoms with Gasteiger partial charge in [-0.05, 0) is 43.1 Å². The third-order valence-electron chi connectivity index (χ3n) is 4.09. The topological polar surface area (TPSA) is 42.1 Å². The van der Waals surface area contributed by atoms with Crippen molar-refractivity contribution in [1.82, 2.24) is 9.88 Å². The Labute approximate surface area is 127 Å². The zero-order valence-corrected chi connectivity index (χ0v) is 12.9. The maximum atomic E-state index is 6.47. The average Bonchev–Trinajstić information content (AvgIpc) is 2.55. The van der Waals surface area contributed by atoms with Crippen molar-refractivity contribution in [2.75, 3.05) is 13.6 Å². The lowest BCUT2D eigenvalue weighted by atomic mass is 9.97. The van der Waals surface area contributed by atoms with Crippen LogP contribution in [0.4, 0.5) is 0 Å². The fourth-order valence-corrected chi connectivity index (χ4v) is 2.76. The highest BCUT2D eigenvalue weighted by atomic mass is 15.1. The van der Waals surface area contributed by atoms with E-state index in [1.54, 1.807) is 0 Å². The molecule has 0 amide bonds. The van der Waals surface area contributed by atoms with Gasteiger partial charge in [0.05, 0.1) is 0 Å².